The fourth-order valence-corrected chi connectivity index (χ4v) is 3.29. The number of hydrogen-bond donors (Lipinski definition) is 1. The van der Waals surface area contributed by atoms with Gasteiger partial charge in [-0.05, 0) is 37.4 Å². The largest absolute Gasteiger partial charge is 0.355 e. The molecule has 1 fully saturated rings. The molecule has 0 aliphatic carbocycles. The fourth-order valence-electron chi connectivity index (χ4n) is 3.29. The highest BCUT2D eigenvalue weighted by Crippen LogP contribution is 2.28. The lowest BCUT2D eigenvalue weighted by Gasteiger charge is -2.33. The predicted molar refractivity (Wildman–Crippen MR) is 87.8 cm³/mol. The van der Waals surface area contributed by atoms with Gasteiger partial charge in [0.1, 0.15) is 5.65 Å². The van der Waals surface area contributed by atoms with Crippen molar-refractivity contribution in [2.45, 2.75) is 39.7 Å². The minimum atomic E-state index is 0.815. The molecule has 0 bridgehead atoms. The third kappa shape index (κ3) is 2.91. The van der Waals surface area contributed by atoms with E-state index in [1.807, 2.05) is 0 Å². The molecule has 4 nitrogen and oxygen atoms in total. The molecule has 1 atom stereocenters. The highest BCUT2D eigenvalue weighted by atomic mass is 15.2. The summed E-state index contributed by atoms with van der Waals surface area (Å²) >= 11 is 0. The van der Waals surface area contributed by atoms with Crippen LogP contribution in [0.3, 0.4) is 0 Å². The van der Waals surface area contributed by atoms with Gasteiger partial charge in [-0.2, -0.15) is 0 Å². The topological polar surface area (TPSA) is 32.6 Å². The molecule has 1 N–H and O–H groups in total. The molecule has 3 rings (SSSR count). The number of imidazole rings is 1. The van der Waals surface area contributed by atoms with Gasteiger partial charge in [-0.3, -0.25) is 0 Å². The van der Waals surface area contributed by atoms with Crippen LogP contribution in [0.1, 0.15) is 38.8 Å². The lowest BCUT2D eigenvalue weighted by Crippen LogP contribution is -2.36. The van der Waals surface area contributed by atoms with Gasteiger partial charge >= 0.3 is 0 Å². The Morgan fingerprint density at radius 1 is 1.33 bits per heavy atom. The Hall–Kier alpha value is -1.55. The first-order valence-corrected chi connectivity index (χ1v) is 8.25. The lowest BCUT2D eigenvalue weighted by atomic mass is 9.95. The van der Waals surface area contributed by atoms with E-state index >= 15 is 0 Å². The molecular weight excluding hydrogens is 260 g/mol. The first-order chi connectivity index (χ1) is 10.3. The number of pyridine rings is 1. The second-order valence-corrected chi connectivity index (χ2v) is 5.95. The van der Waals surface area contributed by atoms with Crippen LogP contribution in [0, 0.1) is 5.92 Å². The Kier molecular flexibility index (Phi) is 4.44. The number of piperidine rings is 1. The first kappa shape index (κ1) is 14.4. The van der Waals surface area contributed by atoms with E-state index in [0.717, 1.165) is 37.7 Å². The van der Waals surface area contributed by atoms with Crippen molar-refractivity contribution >= 4 is 11.5 Å². The minimum absolute atomic E-state index is 0.815. The summed E-state index contributed by atoms with van der Waals surface area (Å²) in [5.74, 6) is 2.00. The van der Waals surface area contributed by atoms with Gasteiger partial charge in [0.15, 0.2) is 5.82 Å². The number of rotatable bonds is 5. The van der Waals surface area contributed by atoms with E-state index in [9.17, 15) is 0 Å². The molecule has 21 heavy (non-hydrogen) atoms. The van der Waals surface area contributed by atoms with E-state index < -0.39 is 0 Å². The number of fused-ring (bicyclic) bond motifs is 1. The number of hydrogen-bond acceptors (Lipinski definition) is 3. The van der Waals surface area contributed by atoms with Gasteiger partial charge in [-0.25, -0.2) is 4.98 Å². The number of anilines is 1. The van der Waals surface area contributed by atoms with Crippen molar-refractivity contribution in [3.63, 3.8) is 0 Å². The van der Waals surface area contributed by atoms with Crippen LogP contribution in [-0.2, 0) is 6.54 Å². The predicted octanol–water partition coefficient (Wildman–Crippen LogP) is 3.07. The van der Waals surface area contributed by atoms with Gasteiger partial charge in [0.25, 0.3) is 0 Å². The van der Waals surface area contributed by atoms with Crippen LogP contribution in [-0.4, -0.2) is 29.0 Å². The molecule has 2 aromatic heterocycles. The van der Waals surface area contributed by atoms with E-state index in [0.29, 0.717) is 0 Å². The van der Waals surface area contributed by atoms with Gasteiger partial charge in [-0.15, -0.1) is 0 Å². The smallest absolute Gasteiger partial charge is 0.152 e. The summed E-state index contributed by atoms with van der Waals surface area (Å²) in [6, 6.07) is 6.24. The average Bonchev–Trinajstić information content (AvgIpc) is 2.91. The summed E-state index contributed by atoms with van der Waals surface area (Å²) in [4.78, 5) is 7.40. The zero-order valence-corrected chi connectivity index (χ0v) is 13.2. The van der Waals surface area contributed by atoms with Crippen LogP contribution >= 0.6 is 0 Å². The molecule has 1 saturated heterocycles. The second kappa shape index (κ2) is 6.48. The maximum absolute atomic E-state index is 4.91. The number of aromatic nitrogens is 2. The van der Waals surface area contributed by atoms with Gasteiger partial charge < -0.3 is 14.6 Å². The molecule has 1 aliphatic heterocycles. The van der Waals surface area contributed by atoms with E-state index in [1.165, 1.54) is 30.8 Å². The molecule has 0 radical (unpaired) electrons. The van der Waals surface area contributed by atoms with Crippen molar-refractivity contribution in [2.75, 3.05) is 24.5 Å². The average molecular weight is 286 g/mol. The van der Waals surface area contributed by atoms with Crippen molar-refractivity contribution < 1.29 is 0 Å². The molecule has 114 valence electrons. The quantitative estimate of drug-likeness (QED) is 0.917. The molecule has 1 aliphatic rings. The van der Waals surface area contributed by atoms with Crippen LogP contribution in [0.15, 0.2) is 24.4 Å². The van der Waals surface area contributed by atoms with Crippen molar-refractivity contribution in [3.8, 4) is 0 Å². The van der Waals surface area contributed by atoms with E-state index in [4.69, 9.17) is 4.98 Å². The molecule has 0 amide bonds. The molecule has 0 aromatic carbocycles. The molecule has 0 saturated carbocycles. The van der Waals surface area contributed by atoms with Crippen molar-refractivity contribution in [3.05, 3.63) is 30.1 Å². The normalized spacial score (nSPS) is 19.3. The first-order valence-electron chi connectivity index (χ1n) is 8.25. The van der Waals surface area contributed by atoms with E-state index in [1.54, 1.807) is 0 Å². The van der Waals surface area contributed by atoms with Gasteiger partial charge in [-0.1, -0.05) is 26.3 Å². The van der Waals surface area contributed by atoms with Crippen LogP contribution in [0.5, 0.6) is 0 Å². The van der Waals surface area contributed by atoms with Gasteiger partial charge in [0, 0.05) is 25.8 Å². The third-order valence-corrected chi connectivity index (χ3v) is 4.55. The Morgan fingerprint density at radius 2 is 2.24 bits per heavy atom. The summed E-state index contributed by atoms with van der Waals surface area (Å²) < 4.78 is 2.23. The highest BCUT2D eigenvalue weighted by Gasteiger charge is 2.23. The summed E-state index contributed by atoms with van der Waals surface area (Å²) in [5.41, 5.74) is 2.35. The summed E-state index contributed by atoms with van der Waals surface area (Å²) in [7, 11) is 0. The maximum Gasteiger partial charge on any atom is 0.152 e. The number of nitrogens with zero attached hydrogens (tertiary/aromatic N) is 3. The van der Waals surface area contributed by atoms with Crippen molar-refractivity contribution in [1.82, 2.24) is 14.7 Å². The van der Waals surface area contributed by atoms with Crippen molar-refractivity contribution in [2.24, 2.45) is 5.92 Å². The molecule has 1 unspecified atom stereocenters. The maximum atomic E-state index is 4.91. The van der Waals surface area contributed by atoms with Crippen LogP contribution in [0.2, 0.25) is 0 Å². The Morgan fingerprint density at radius 3 is 3.05 bits per heavy atom. The molecule has 0 spiro atoms. The SMILES string of the molecule is CCNCc1c(N2CCCC(CC)C2)nc2ccccn12. The van der Waals surface area contributed by atoms with E-state index in [2.05, 4.69) is 52.9 Å². The number of nitrogens with one attached hydrogen (secondary N) is 1. The van der Waals surface area contributed by atoms with Crippen molar-refractivity contribution in [1.29, 1.82) is 0 Å². The van der Waals surface area contributed by atoms with Crippen LogP contribution in [0.4, 0.5) is 5.82 Å². The van der Waals surface area contributed by atoms with Crippen LogP contribution < -0.4 is 10.2 Å². The Labute approximate surface area is 127 Å². The van der Waals surface area contributed by atoms with E-state index in [-0.39, 0.29) is 0 Å². The van der Waals surface area contributed by atoms with Crippen LogP contribution in [0.25, 0.3) is 5.65 Å². The highest BCUT2D eigenvalue weighted by molar-refractivity contribution is 5.56. The van der Waals surface area contributed by atoms with Gasteiger partial charge in [0.2, 0.25) is 0 Å². The lowest BCUT2D eigenvalue weighted by molar-refractivity contribution is 0.402. The summed E-state index contributed by atoms with van der Waals surface area (Å²) in [5, 5.41) is 3.46. The minimum Gasteiger partial charge on any atom is -0.355 e. The molecule has 4 heteroatoms. The Bertz CT molecular complexity index is 589. The van der Waals surface area contributed by atoms with Gasteiger partial charge in [0.05, 0.1) is 5.69 Å². The summed E-state index contributed by atoms with van der Waals surface area (Å²) in [6.07, 6.45) is 6.04. The Balaban J connectivity index is 1.96. The fraction of sp³-hybridized carbons (Fsp3) is 0.588. The molecule has 3 heterocycles. The molecular formula is C17H26N4. The molecule has 2 aromatic rings. The summed E-state index contributed by atoms with van der Waals surface area (Å²) in [6.45, 7) is 8.61. The monoisotopic (exact) mass is 286 g/mol. The zero-order valence-electron chi connectivity index (χ0n) is 13.2. The third-order valence-electron chi connectivity index (χ3n) is 4.55. The second-order valence-electron chi connectivity index (χ2n) is 5.95. The standard InChI is InChI=1S/C17H26N4/c1-3-14-8-7-10-20(13-14)17-15(12-18-4-2)21-11-6-5-9-16(21)19-17/h5-6,9,11,14,18H,3-4,7-8,10,12-13H2,1-2H3. The zero-order chi connectivity index (χ0) is 14.7.